The van der Waals surface area contributed by atoms with Crippen molar-refractivity contribution >= 4 is 17.9 Å². The Morgan fingerprint density at radius 3 is 0.861 bits per heavy atom. The number of ether oxygens (including phenoxy) is 3. The van der Waals surface area contributed by atoms with Gasteiger partial charge in [0.25, 0.3) is 0 Å². The first kappa shape index (κ1) is 68.8. The van der Waals surface area contributed by atoms with Gasteiger partial charge in [0.2, 0.25) is 0 Å². The van der Waals surface area contributed by atoms with Crippen molar-refractivity contribution in [2.24, 2.45) is 0 Å². The van der Waals surface area contributed by atoms with Gasteiger partial charge in [-0.3, -0.25) is 14.4 Å². The molecule has 0 aromatic carbocycles. The molecule has 0 N–H and O–H groups in total. The number of allylic oxidation sites excluding steroid dienone is 12. The zero-order valence-corrected chi connectivity index (χ0v) is 47.7. The summed E-state index contributed by atoms with van der Waals surface area (Å²) in [5.41, 5.74) is 0. The van der Waals surface area contributed by atoms with Crippen LogP contribution in [0.4, 0.5) is 0 Å². The lowest BCUT2D eigenvalue weighted by atomic mass is 10.0. The highest BCUT2D eigenvalue weighted by Gasteiger charge is 2.19. The van der Waals surface area contributed by atoms with Gasteiger partial charge in [0, 0.05) is 19.3 Å². The van der Waals surface area contributed by atoms with Crippen molar-refractivity contribution in [1.82, 2.24) is 0 Å². The van der Waals surface area contributed by atoms with Gasteiger partial charge in [0.05, 0.1) is 0 Å². The van der Waals surface area contributed by atoms with Gasteiger partial charge >= 0.3 is 17.9 Å². The molecule has 416 valence electrons. The molecule has 1 unspecified atom stereocenters. The lowest BCUT2D eigenvalue weighted by molar-refractivity contribution is -0.167. The maximum absolute atomic E-state index is 12.9. The Bertz CT molecular complexity index is 1340. The summed E-state index contributed by atoms with van der Waals surface area (Å²) in [7, 11) is 0. The Labute approximate surface area is 446 Å². The molecule has 0 aliphatic carbocycles. The van der Waals surface area contributed by atoms with Gasteiger partial charge in [-0.2, -0.15) is 0 Å². The van der Waals surface area contributed by atoms with E-state index in [9.17, 15) is 14.4 Å². The molecule has 0 aromatic rings. The molecule has 0 rings (SSSR count). The van der Waals surface area contributed by atoms with Gasteiger partial charge in [0.1, 0.15) is 13.2 Å². The average Bonchev–Trinajstić information content (AvgIpc) is 3.38. The Hall–Kier alpha value is -3.15. The van der Waals surface area contributed by atoms with Gasteiger partial charge in [-0.25, -0.2) is 0 Å². The molecule has 6 nitrogen and oxygen atoms in total. The monoisotopic (exact) mass is 1000 g/mol. The van der Waals surface area contributed by atoms with E-state index in [1.165, 1.54) is 161 Å². The van der Waals surface area contributed by atoms with E-state index in [1.54, 1.807) is 0 Å². The molecular formula is C66H116O6. The third-order valence-corrected chi connectivity index (χ3v) is 13.4. The van der Waals surface area contributed by atoms with Crippen LogP contribution in [0, 0.1) is 0 Å². The summed E-state index contributed by atoms with van der Waals surface area (Å²) >= 11 is 0. The van der Waals surface area contributed by atoms with Crippen LogP contribution in [-0.2, 0) is 28.6 Å². The van der Waals surface area contributed by atoms with Gasteiger partial charge in [-0.1, -0.05) is 273 Å². The number of hydrogen-bond acceptors (Lipinski definition) is 6. The second kappa shape index (κ2) is 60.4. The molecule has 0 heterocycles. The highest BCUT2D eigenvalue weighted by molar-refractivity contribution is 5.71. The molecule has 6 heteroatoms. The molecule has 0 fully saturated rings. The minimum Gasteiger partial charge on any atom is -0.462 e. The fourth-order valence-electron chi connectivity index (χ4n) is 8.82. The van der Waals surface area contributed by atoms with Gasteiger partial charge in [-0.15, -0.1) is 0 Å². The fourth-order valence-corrected chi connectivity index (χ4v) is 8.82. The molecule has 72 heavy (non-hydrogen) atoms. The quantitative estimate of drug-likeness (QED) is 0.0261. The molecule has 0 aliphatic heterocycles. The van der Waals surface area contributed by atoms with Crippen LogP contribution in [0.5, 0.6) is 0 Å². The molecule has 0 saturated heterocycles. The van der Waals surface area contributed by atoms with Crippen molar-refractivity contribution in [2.45, 2.75) is 316 Å². The second-order valence-electron chi connectivity index (χ2n) is 20.6. The summed E-state index contributed by atoms with van der Waals surface area (Å²) in [6, 6.07) is 0. The van der Waals surface area contributed by atoms with E-state index < -0.39 is 6.10 Å². The Balaban J connectivity index is 4.40. The maximum Gasteiger partial charge on any atom is 0.306 e. The van der Waals surface area contributed by atoms with Crippen LogP contribution in [0.25, 0.3) is 0 Å². The second-order valence-corrected chi connectivity index (χ2v) is 20.6. The van der Waals surface area contributed by atoms with Crippen LogP contribution in [-0.4, -0.2) is 37.2 Å². The molecule has 0 saturated carbocycles. The van der Waals surface area contributed by atoms with Gasteiger partial charge in [0.15, 0.2) is 6.10 Å². The number of unbranched alkanes of at least 4 members (excludes halogenated alkanes) is 33. The average molecular weight is 1010 g/mol. The summed E-state index contributed by atoms with van der Waals surface area (Å²) < 4.78 is 16.9. The topological polar surface area (TPSA) is 78.9 Å². The van der Waals surface area contributed by atoms with Crippen molar-refractivity contribution in [2.75, 3.05) is 13.2 Å². The van der Waals surface area contributed by atoms with Crippen LogP contribution in [0.15, 0.2) is 72.9 Å². The van der Waals surface area contributed by atoms with Gasteiger partial charge < -0.3 is 14.2 Å². The van der Waals surface area contributed by atoms with E-state index in [0.29, 0.717) is 19.3 Å². The minimum atomic E-state index is -0.785. The number of carbonyl (C=O) groups excluding carboxylic acids is 3. The molecule has 1 atom stereocenters. The summed E-state index contributed by atoms with van der Waals surface area (Å²) in [6.45, 7) is 6.54. The lowest BCUT2D eigenvalue weighted by Crippen LogP contribution is -2.30. The van der Waals surface area contributed by atoms with E-state index in [-0.39, 0.29) is 31.1 Å². The number of esters is 3. The first-order valence-corrected chi connectivity index (χ1v) is 30.9. The lowest BCUT2D eigenvalue weighted by Gasteiger charge is -2.18. The highest BCUT2D eigenvalue weighted by Crippen LogP contribution is 2.16. The minimum absolute atomic E-state index is 0.0805. The van der Waals surface area contributed by atoms with Crippen LogP contribution >= 0.6 is 0 Å². The Morgan fingerprint density at radius 2 is 0.542 bits per heavy atom. The summed E-state index contributed by atoms with van der Waals surface area (Å²) in [6.07, 6.45) is 77.5. The Morgan fingerprint density at radius 1 is 0.292 bits per heavy atom. The van der Waals surface area contributed by atoms with E-state index >= 15 is 0 Å². The predicted molar refractivity (Wildman–Crippen MR) is 311 cm³/mol. The molecule has 0 radical (unpaired) electrons. The molecule has 0 aromatic heterocycles. The van der Waals surface area contributed by atoms with Crippen molar-refractivity contribution < 1.29 is 28.6 Å². The van der Waals surface area contributed by atoms with E-state index in [1.807, 2.05) is 0 Å². The normalized spacial score (nSPS) is 12.5. The van der Waals surface area contributed by atoms with Crippen molar-refractivity contribution in [3.8, 4) is 0 Å². The molecule has 0 spiro atoms. The van der Waals surface area contributed by atoms with Crippen molar-refractivity contribution in [3.05, 3.63) is 72.9 Å². The summed E-state index contributed by atoms with van der Waals surface area (Å²) in [4.78, 5) is 38.3. The SMILES string of the molecule is CC/C=C\C/C=C\C/C=C\C/C=C\C/C=C\CCCCCCCC(=O)OCC(COC(=O)CCCCCCCCCCCCCCCCCC)OC(=O)CCCCCCCCC/C=C\CCCCCCCC. The van der Waals surface area contributed by atoms with E-state index in [2.05, 4.69) is 93.7 Å². The Kier molecular flexibility index (Phi) is 57.8. The summed E-state index contributed by atoms with van der Waals surface area (Å²) in [5, 5.41) is 0. The number of hydrogen-bond donors (Lipinski definition) is 0. The first-order chi connectivity index (χ1) is 35.5. The highest BCUT2D eigenvalue weighted by atomic mass is 16.6. The van der Waals surface area contributed by atoms with E-state index in [0.717, 1.165) is 109 Å². The first-order valence-electron chi connectivity index (χ1n) is 30.9. The molecule has 0 amide bonds. The molecule has 0 aliphatic rings. The smallest absolute Gasteiger partial charge is 0.306 e. The number of carbonyl (C=O) groups is 3. The van der Waals surface area contributed by atoms with Crippen LogP contribution in [0.3, 0.4) is 0 Å². The fraction of sp³-hybridized carbons (Fsp3) is 0.773. The van der Waals surface area contributed by atoms with E-state index in [4.69, 9.17) is 14.2 Å². The van der Waals surface area contributed by atoms with Crippen LogP contribution in [0.1, 0.15) is 310 Å². The third-order valence-electron chi connectivity index (χ3n) is 13.4. The largest absolute Gasteiger partial charge is 0.462 e. The summed E-state index contributed by atoms with van der Waals surface area (Å²) in [5.74, 6) is -0.890. The standard InChI is InChI=1S/C66H116O6/c1-4-7-10-13-16-19-22-25-28-31-32-33-34-36-38-41-44-47-50-53-56-59-65(68)71-62-63(61-70-64(67)58-55-52-49-46-43-40-37-30-27-24-21-18-15-12-9-6-3)72-66(69)60-57-54-51-48-45-42-39-35-29-26-23-20-17-14-11-8-5-2/h7,10,16,19,25-26,28-29,32-33,36,38,63H,4-6,8-9,11-15,17-18,20-24,27,30-31,34-35,37,39-62H2,1-3H3/b10-7-,19-16-,28-25-,29-26-,33-32-,38-36-. The van der Waals surface area contributed by atoms with Crippen molar-refractivity contribution in [3.63, 3.8) is 0 Å². The van der Waals surface area contributed by atoms with Crippen LogP contribution < -0.4 is 0 Å². The van der Waals surface area contributed by atoms with Crippen LogP contribution in [0.2, 0.25) is 0 Å². The third kappa shape index (κ3) is 57.7. The molecular weight excluding hydrogens is 889 g/mol. The maximum atomic E-state index is 12.9. The number of rotatable bonds is 56. The zero-order valence-electron chi connectivity index (χ0n) is 47.7. The zero-order chi connectivity index (χ0) is 52.2. The predicted octanol–water partition coefficient (Wildman–Crippen LogP) is 20.9. The van der Waals surface area contributed by atoms with Gasteiger partial charge in [-0.05, 0) is 89.9 Å². The van der Waals surface area contributed by atoms with Crippen molar-refractivity contribution in [1.29, 1.82) is 0 Å². The molecule has 0 bridgehead atoms.